The van der Waals surface area contributed by atoms with Crippen LogP contribution >= 0.6 is 0 Å². The lowest BCUT2D eigenvalue weighted by Gasteiger charge is -2.19. The van der Waals surface area contributed by atoms with Crippen molar-refractivity contribution in [3.63, 3.8) is 0 Å². The van der Waals surface area contributed by atoms with Gasteiger partial charge in [-0.25, -0.2) is 4.99 Å². The normalized spacial score (nSPS) is 14.5. The van der Waals surface area contributed by atoms with Crippen LogP contribution in [0, 0.1) is 0 Å². The van der Waals surface area contributed by atoms with Crippen molar-refractivity contribution >= 4 is 29.2 Å². The summed E-state index contributed by atoms with van der Waals surface area (Å²) >= 11 is 0. The number of rotatable bonds is 6. The average Bonchev–Trinajstić information content (AvgIpc) is 3.15. The fourth-order valence-corrected chi connectivity index (χ4v) is 3.45. The van der Waals surface area contributed by atoms with E-state index in [1.165, 1.54) is 0 Å². The van der Waals surface area contributed by atoms with Crippen molar-refractivity contribution in [1.82, 2.24) is 0 Å². The molecule has 0 saturated carbocycles. The molecule has 1 aliphatic rings. The van der Waals surface area contributed by atoms with Crippen molar-refractivity contribution in [2.24, 2.45) is 4.99 Å². The van der Waals surface area contributed by atoms with E-state index in [0.717, 1.165) is 34.0 Å². The summed E-state index contributed by atoms with van der Waals surface area (Å²) < 4.78 is 10.5. The Labute approximate surface area is 188 Å². The largest absolute Gasteiger partial charge is 0.497 e. The highest BCUT2D eigenvalue weighted by atomic mass is 16.5. The molecule has 0 atom stereocenters. The van der Waals surface area contributed by atoms with Crippen LogP contribution in [0.4, 0.5) is 11.4 Å². The predicted molar refractivity (Wildman–Crippen MR) is 129 cm³/mol. The van der Waals surface area contributed by atoms with Gasteiger partial charge in [0, 0.05) is 25.3 Å². The molecule has 3 aromatic rings. The SMILES string of the molecule is COc1ccc(C2=N/C(=C/c3ccc(N(C)C)cc3)C(=O)N2c2ccc(OC)cc2)cc1. The van der Waals surface area contributed by atoms with Crippen LogP contribution in [-0.2, 0) is 4.79 Å². The van der Waals surface area contributed by atoms with E-state index < -0.39 is 0 Å². The first-order chi connectivity index (χ1) is 15.5. The molecule has 32 heavy (non-hydrogen) atoms. The van der Waals surface area contributed by atoms with E-state index in [1.54, 1.807) is 19.1 Å². The van der Waals surface area contributed by atoms with Gasteiger partial charge in [-0.15, -0.1) is 0 Å². The van der Waals surface area contributed by atoms with Crippen LogP contribution < -0.4 is 19.3 Å². The van der Waals surface area contributed by atoms with Crippen LogP contribution in [0.2, 0.25) is 0 Å². The Morgan fingerprint density at radius 1 is 0.812 bits per heavy atom. The van der Waals surface area contributed by atoms with E-state index >= 15 is 0 Å². The number of amides is 1. The van der Waals surface area contributed by atoms with E-state index in [2.05, 4.69) is 0 Å². The van der Waals surface area contributed by atoms with Gasteiger partial charge in [0.2, 0.25) is 0 Å². The molecule has 3 aromatic carbocycles. The molecule has 0 saturated heterocycles. The third kappa shape index (κ3) is 4.21. The van der Waals surface area contributed by atoms with E-state index in [-0.39, 0.29) is 5.91 Å². The van der Waals surface area contributed by atoms with Crippen LogP contribution in [0.15, 0.2) is 83.5 Å². The Hall–Kier alpha value is -4.06. The maximum absolute atomic E-state index is 13.4. The summed E-state index contributed by atoms with van der Waals surface area (Å²) in [5.74, 6) is 1.85. The summed E-state index contributed by atoms with van der Waals surface area (Å²) in [7, 11) is 7.22. The molecule has 6 nitrogen and oxygen atoms in total. The number of hydrogen-bond donors (Lipinski definition) is 0. The molecule has 1 aliphatic heterocycles. The van der Waals surface area contributed by atoms with Gasteiger partial charge in [0.05, 0.1) is 19.9 Å². The molecule has 4 rings (SSSR count). The molecular formula is C26H25N3O3. The third-order valence-corrected chi connectivity index (χ3v) is 5.25. The van der Waals surface area contributed by atoms with Crippen molar-refractivity contribution in [2.45, 2.75) is 0 Å². The van der Waals surface area contributed by atoms with Crippen molar-refractivity contribution in [3.05, 3.63) is 89.6 Å². The number of anilines is 2. The Morgan fingerprint density at radius 2 is 1.38 bits per heavy atom. The second kappa shape index (κ2) is 8.98. The first kappa shape index (κ1) is 21.2. The quantitative estimate of drug-likeness (QED) is 0.540. The monoisotopic (exact) mass is 427 g/mol. The number of carbonyl (C=O) groups excluding carboxylic acids is 1. The van der Waals surface area contributed by atoms with Crippen LogP contribution in [0.3, 0.4) is 0 Å². The molecule has 0 aromatic heterocycles. The summed E-state index contributed by atoms with van der Waals surface area (Å²) in [5, 5.41) is 0. The van der Waals surface area contributed by atoms with Crippen molar-refractivity contribution in [2.75, 3.05) is 38.1 Å². The van der Waals surface area contributed by atoms with Gasteiger partial charge in [-0.2, -0.15) is 0 Å². The molecule has 1 amide bonds. The summed E-state index contributed by atoms with van der Waals surface area (Å²) in [6.45, 7) is 0. The van der Waals surface area contributed by atoms with Crippen LogP contribution in [0.25, 0.3) is 6.08 Å². The number of carbonyl (C=O) groups is 1. The van der Waals surface area contributed by atoms with Gasteiger partial charge in [-0.3, -0.25) is 9.69 Å². The van der Waals surface area contributed by atoms with Crippen LogP contribution in [0.5, 0.6) is 11.5 Å². The van der Waals surface area contributed by atoms with Gasteiger partial charge in [-0.05, 0) is 72.3 Å². The lowest BCUT2D eigenvalue weighted by Crippen LogP contribution is -2.32. The van der Waals surface area contributed by atoms with E-state index in [4.69, 9.17) is 14.5 Å². The minimum Gasteiger partial charge on any atom is -0.497 e. The number of benzene rings is 3. The molecule has 162 valence electrons. The molecule has 6 heteroatoms. The highest BCUT2D eigenvalue weighted by Gasteiger charge is 2.32. The molecule has 0 fully saturated rings. The Bertz CT molecular complexity index is 1160. The van der Waals surface area contributed by atoms with E-state index in [0.29, 0.717) is 11.5 Å². The number of amidine groups is 1. The Balaban J connectivity index is 1.75. The molecule has 0 radical (unpaired) electrons. The van der Waals surface area contributed by atoms with Gasteiger partial charge >= 0.3 is 0 Å². The topological polar surface area (TPSA) is 54.4 Å². The number of aliphatic imine (C=N–C) groups is 1. The van der Waals surface area contributed by atoms with Crippen molar-refractivity contribution < 1.29 is 14.3 Å². The molecule has 0 N–H and O–H groups in total. The molecule has 0 aliphatic carbocycles. The lowest BCUT2D eigenvalue weighted by molar-refractivity contribution is -0.113. The third-order valence-electron chi connectivity index (χ3n) is 5.25. The standard InChI is InChI=1S/C26H25N3O3/c1-28(2)20-9-5-18(6-10-20)17-24-26(30)29(21-11-15-23(32-4)16-12-21)25(27-24)19-7-13-22(31-3)14-8-19/h5-17H,1-4H3/b24-17+. The Morgan fingerprint density at radius 3 is 1.91 bits per heavy atom. The maximum atomic E-state index is 13.4. The number of nitrogens with zero attached hydrogens (tertiary/aromatic N) is 3. The average molecular weight is 428 g/mol. The molecular weight excluding hydrogens is 402 g/mol. The second-order valence-electron chi connectivity index (χ2n) is 7.52. The van der Waals surface area contributed by atoms with E-state index in [9.17, 15) is 4.79 Å². The summed E-state index contributed by atoms with van der Waals surface area (Å²) in [5.41, 5.74) is 3.92. The van der Waals surface area contributed by atoms with Gasteiger partial charge in [-0.1, -0.05) is 12.1 Å². The van der Waals surface area contributed by atoms with Gasteiger partial charge in [0.1, 0.15) is 23.0 Å². The van der Waals surface area contributed by atoms with Gasteiger partial charge in [0.25, 0.3) is 5.91 Å². The second-order valence-corrected chi connectivity index (χ2v) is 7.52. The van der Waals surface area contributed by atoms with Crippen LogP contribution in [0.1, 0.15) is 11.1 Å². The minimum absolute atomic E-state index is 0.183. The number of ether oxygens (including phenoxy) is 2. The maximum Gasteiger partial charge on any atom is 0.282 e. The summed E-state index contributed by atoms with van der Waals surface area (Å²) in [6, 6.07) is 22.9. The molecule has 0 unspecified atom stereocenters. The van der Waals surface area contributed by atoms with Crippen LogP contribution in [-0.4, -0.2) is 40.1 Å². The minimum atomic E-state index is -0.183. The van der Waals surface area contributed by atoms with Crippen molar-refractivity contribution in [1.29, 1.82) is 0 Å². The number of methoxy groups -OCH3 is 2. The highest BCUT2D eigenvalue weighted by molar-refractivity contribution is 6.33. The fourth-order valence-electron chi connectivity index (χ4n) is 3.45. The smallest absolute Gasteiger partial charge is 0.282 e. The Kier molecular flexibility index (Phi) is 5.94. The molecule has 0 bridgehead atoms. The summed E-state index contributed by atoms with van der Waals surface area (Å²) in [6.07, 6.45) is 1.81. The predicted octanol–water partition coefficient (Wildman–Crippen LogP) is 4.60. The zero-order valence-electron chi connectivity index (χ0n) is 18.6. The first-order valence-corrected chi connectivity index (χ1v) is 10.2. The van der Waals surface area contributed by atoms with Gasteiger partial charge < -0.3 is 14.4 Å². The number of hydrogen-bond acceptors (Lipinski definition) is 5. The first-order valence-electron chi connectivity index (χ1n) is 10.2. The molecule has 1 heterocycles. The molecule has 0 spiro atoms. The zero-order chi connectivity index (χ0) is 22.7. The van der Waals surface area contributed by atoms with Gasteiger partial charge in [0.15, 0.2) is 0 Å². The summed E-state index contributed by atoms with van der Waals surface area (Å²) in [4.78, 5) is 21.8. The highest BCUT2D eigenvalue weighted by Crippen LogP contribution is 2.30. The van der Waals surface area contributed by atoms with Crippen molar-refractivity contribution in [3.8, 4) is 11.5 Å². The zero-order valence-corrected chi connectivity index (χ0v) is 18.6. The lowest BCUT2D eigenvalue weighted by atomic mass is 10.1. The van der Waals surface area contributed by atoms with E-state index in [1.807, 2.05) is 97.9 Å². The fraction of sp³-hybridized carbons (Fsp3) is 0.154.